The molecule has 1 heteroatoms. The van der Waals surface area contributed by atoms with Crippen LogP contribution in [-0.4, -0.2) is 4.83 Å². The fourth-order valence-corrected chi connectivity index (χ4v) is 2.91. The van der Waals surface area contributed by atoms with Gasteiger partial charge in [-0.05, 0) is 12.8 Å². The highest BCUT2D eigenvalue weighted by atomic mass is 79.9. The Balaban J connectivity index is 3.08. The van der Waals surface area contributed by atoms with Crippen molar-refractivity contribution in [1.82, 2.24) is 0 Å². The Morgan fingerprint density at radius 3 is 1.41 bits per heavy atom. The molecule has 104 valence electrons. The van der Waals surface area contributed by atoms with E-state index in [1.165, 1.54) is 83.5 Å². The zero-order valence-corrected chi connectivity index (χ0v) is 13.7. The molecule has 0 aliphatic heterocycles. The van der Waals surface area contributed by atoms with E-state index in [1.807, 2.05) is 0 Å². The number of unbranched alkanes of at least 4 members (excludes halogenated alkanes) is 9. The highest BCUT2D eigenvalue weighted by molar-refractivity contribution is 9.09. The second-order valence-electron chi connectivity index (χ2n) is 5.36. The second kappa shape index (κ2) is 14.5. The van der Waals surface area contributed by atoms with Gasteiger partial charge in [0.1, 0.15) is 0 Å². The predicted molar refractivity (Wildman–Crippen MR) is 84.1 cm³/mol. The summed E-state index contributed by atoms with van der Waals surface area (Å²) < 4.78 is 0. The summed E-state index contributed by atoms with van der Waals surface area (Å²) in [5, 5.41) is 0. The number of halogens is 1. The predicted octanol–water partition coefficient (Wildman–Crippen LogP) is 6.86. The lowest BCUT2D eigenvalue weighted by molar-refractivity contribution is 0.549. The molecule has 0 amide bonds. The van der Waals surface area contributed by atoms with Crippen LogP contribution in [0.1, 0.15) is 97.3 Å². The molecule has 0 aromatic heterocycles. The first-order valence-electron chi connectivity index (χ1n) is 7.95. The van der Waals surface area contributed by atoms with Crippen LogP contribution in [0, 0.1) is 0 Å². The van der Waals surface area contributed by atoms with Gasteiger partial charge in [0.2, 0.25) is 0 Å². The fraction of sp³-hybridized carbons (Fsp3) is 1.00. The average Bonchev–Trinajstić information content (AvgIpc) is 2.33. The Morgan fingerprint density at radius 1 is 0.588 bits per heavy atom. The van der Waals surface area contributed by atoms with Crippen molar-refractivity contribution in [3.05, 3.63) is 0 Å². The van der Waals surface area contributed by atoms with Gasteiger partial charge in [-0.15, -0.1) is 0 Å². The van der Waals surface area contributed by atoms with Crippen LogP contribution in [0.5, 0.6) is 0 Å². The maximum atomic E-state index is 3.82. The van der Waals surface area contributed by atoms with E-state index in [0.29, 0.717) is 0 Å². The summed E-state index contributed by atoms with van der Waals surface area (Å²) in [4.78, 5) is 0.787. The molecular weight excluding hydrogens is 272 g/mol. The van der Waals surface area contributed by atoms with Gasteiger partial charge in [-0.1, -0.05) is 100 Å². The lowest BCUT2D eigenvalue weighted by atomic mass is 10.0. The third kappa shape index (κ3) is 14.4. The molecule has 0 aromatic carbocycles. The number of hydrogen-bond donors (Lipinski definition) is 0. The quantitative estimate of drug-likeness (QED) is 0.257. The molecule has 1 atom stereocenters. The van der Waals surface area contributed by atoms with Crippen molar-refractivity contribution in [2.75, 3.05) is 0 Å². The van der Waals surface area contributed by atoms with Gasteiger partial charge < -0.3 is 0 Å². The molecule has 17 heavy (non-hydrogen) atoms. The highest BCUT2D eigenvalue weighted by Gasteiger charge is 2.03. The minimum Gasteiger partial charge on any atom is -0.0891 e. The summed E-state index contributed by atoms with van der Waals surface area (Å²) in [6.07, 6.45) is 18.4. The Morgan fingerprint density at radius 2 is 0.941 bits per heavy atom. The SMILES string of the molecule is CCCCCCCCCC(Br)CCCCCC. The molecule has 0 bridgehead atoms. The highest BCUT2D eigenvalue weighted by Crippen LogP contribution is 2.19. The van der Waals surface area contributed by atoms with Crippen molar-refractivity contribution in [1.29, 1.82) is 0 Å². The van der Waals surface area contributed by atoms with Crippen LogP contribution < -0.4 is 0 Å². The number of rotatable bonds is 13. The first-order chi connectivity index (χ1) is 8.31. The topological polar surface area (TPSA) is 0 Å². The van der Waals surface area contributed by atoms with Gasteiger partial charge in [0.15, 0.2) is 0 Å². The molecule has 0 spiro atoms. The van der Waals surface area contributed by atoms with Crippen LogP contribution in [-0.2, 0) is 0 Å². The van der Waals surface area contributed by atoms with Crippen molar-refractivity contribution in [2.45, 2.75) is 102 Å². The van der Waals surface area contributed by atoms with E-state index in [2.05, 4.69) is 29.8 Å². The Labute approximate surface area is 118 Å². The molecule has 0 heterocycles. The van der Waals surface area contributed by atoms with E-state index in [9.17, 15) is 0 Å². The first kappa shape index (κ1) is 17.5. The maximum Gasteiger partial charge on any atom is 0.0145 e. The standard InChI is InChI=1S/C16H33Br/c1-3-5-7-9-10-11-13-15-16(17)14-12-8-6-4-2/h16H,3-15H2,1-2H3. The maximum absolute atomic E-state index is 3.82. The monoisotopic (exact) mass is 304 g/mol. The molecule has 0 aliphatic carbocycles. The van der Waals surface area contributed by atoms with E-state index < -0.39 is 0 Å². The molecule has 0 radical (unpaired) electrons. The summed E-state index contributed by atoms with van der Waals surface area (Å²) >= 11 is 3.82. The Hall–Kier alpha value is 0.480. The summed E-state index contributed by atoms with van der Waals surface area (Å²) in [6, 6.07) is 0. The normalized spacial score (nSPS) is 12.9. The molecule has 0 saturated heterocycles. The van der Waals surface area contributed by atoms with Gasteiger partial charge in [-0.2, -0.15) is 0 Å². The van der Waals surface area contributed by atoms with Gasteiger partial charge in [0, 0.05) is 4.83 Å². The van der Waals surface area contributed by atoms with Crippen molar-refractivity contribution < 1.29 is 0 Å². The van der Waals surface area contributed by atoms with Crippen LogP contribution in [0.4, 0.5) is 0 Å². The molecule has 0 N–H and O–H groups in total. The third-order valence-corrected chi connectivity index (χ3v) is 4.41. The molecule has 0 nitrogen and oxygen atoms in total. The van der Waals surface area contributed by atoms with Gasteiger partial charge in [0.25, 0.3) is 0 Å². The number of hydrogen-bond acceptors (Lipinski definition) is 0. The fourth-order valence-electron chi connectivity index (χ4n) is 2.26. The molecular formula is C16H33Br. The Kier molecular flexibility index (Phi) is 15.0. The Bertz CT molecular complexity index is 133. The third-order valence-electron chi connectivity index (χ3n) is 3.49. The summed E-state index contributed by atoms with van der Waals surface area (Å²) in [5.41, 5.74) is 0. The minimum absolute atomic E-state index is 0.787. The second-order valence-corrected chi connectivity index (χ2v) is 6.65. The molecule has 0 rings (SSSR count). The van der Waals surface area contributed by atoms with Crippen molar-refractivity contribution in [2.24, 2.45) is 0 Å². The zero-order chi connectivity index (χ0) is 12.8. The molecule has 1 unspecified atom stereocenters. The van der Waals surface area contributed by atoms with Crippen molar-refractivity contribution in [3.8, 4) is 0 Å². The summed E-state index contributed by atoms with van der Waals surface area (Å²) in [7, 11) is 0. The van der Waals surface area contributed by atoms with Gasteiger partial charge in [-0.25, -0.2) is 0 Å². The summed E-state index contributed by atoms with van der Waals surface area (Å²) in [5.74, 6) is 0. The van der Waals surface area contributed by atoms with Crippen LogP contribution in [0.15, 0.2) is 0 Å². The van der Waals surface area contributed by atoms with Gasteiger partial charge in [-0.3, -0.25) is 0 Å². The lowest BCUT2D eigenvalue weighted by Gasteiger charge is -2.09. The zero-order valence-electron chi connectivity index (χ0n) is 12.1. The molecule has 0 aliphatic rings. The average molecular weight is 305 g/mol. The van der Waals surface area contributed by atoms with Crippen molar-refractivity contribution >= 4 is 15.9 Å². The minimum atomic E-state index is 0.787. The van der Waals surface area contributed by atoms with Crippen molar-refractivity contribution in [3.63, 3.8) is 0 Å². The first-order valence-corrected chi connectivity index (χ1v) is 8.86. The number of alkyl halides is 1. The van der Waals surface area contributed by atoms with E-state index >= 15 is 0 Å². The van der Waals surface area contributed by atoms with Crippen LogP contribution in [0.25, 0.3) is 0 Å². The van der Waals surface area contributed by atoms with Gasteiger partial charge in [0.05, 0.1) is 0 Å². The van der Waals surface area contributed by atoms with E-state index in [1.54, 1.807) is 0 Å². The van der Waals surface area contributed by atoms with Crippen LogP contribution in [0.3, 0.4) is 0 Å². The van der Waals surface area contributed by atoms with E-state index in [0.717, 1.165) is 4.83 Å². The lowest BCUT2D eigenvalue weighted by Crippen LogP contribution is -1.97. The van der Waals surface area contributed by atoms with Gasteiger partial charge >= 0.3 is 0 Å². The summed E-state index contributed by atoms with van der Waals surface area (Å²) in [6.45, 7) is 4.57. The molecule has 0 aromatic rings. The van der Waals surface area contributed by atoms with Crippen LogP contribution >= 0.6 is 15.9 Å². The molecule has 0 saturated carbocycles. The largest absolute Gasteiger partial charge is 0.0891 e. The van der Waals surface area contributed by atoms with E-state index in [-0.39, 0.29) is 0 Å². The smallest absolute Gasteiger partial charge is 0.0145 e. The molecule has 0 fully saturated rings. The van der Waals surface area contributed by atoms with E-state index in [4.69, 9.17) is 0 Å². The van der Waals surface area contributed by atoms with Crippen LogP contribution in [0.2, 0.25) is 0 Å².